The maximum absolute atomic E-state index is 13.2. The molecule has 236 valence electrons. The molecule has 0 radical (unpaired) electrons. The highest BCUT2D eigenvalue weighted by Gasteiger charge is 2.28. The Balaban J connectivity index is 1.42. The average Bonchev–Trinajstić information content (AvgIpc) is 3.56. The molecular formula is C34H36N2O7S2. The lowest BCUT2D eigenvalue weighted by Crippen LogP contribution is -2.27. The summed E-state index contributed by atoms with van der Waals surface area (Å²) < 4.78 is 16.6. The molecule has 0 atom stereocenters. The van der Waals surface area contributed by atoms with Gasteiger partial charge >= 0.3 is 11.9 Å². The lowest BCUT2D eigenvalue weighted by atomic mass is 10.0. The lowest BCUT2D eigenvalue weighted by molar-refractivity contribution is -0.125. The molecule has 0 spiro atoms. The fraction of sp³-hybridized carbons (Fsp3) is 0.294. The van der Waals surface area contributed by atoms with E-state index < -0.39 is 48.2 Å². The zero-order valence-electron chi connectivity index (χ0n) is 26.0. The van der Waals surface area contributed by atoms with Crippen molar-refractivity contribution in [3.63, 3.8) is 0 Å². The van der Waals surface area contributed by atoms with Crippen LogP contribution in [0.3, 0.4) is 0 Å². The Morgan fingerprint density at radius 2 is 0.956 bits per heavy atom. The van der Waals surface area contributed by atoms with Crippen molar-refractivity contribution in [1.29, 1.82) is 0 Å². The molecule has 0 saturated heterocycles. The minimum Gasteiger partial charge on any atom is -0.456 e. The zero-order valence-corrected chi connectivity index (χ0v) is 27.6. The number of ether oxygens (including phenoxy) is 3. The van der Waals surface area contributed by atoms with E-state index >= 15 is 0 Å². The van der Waals surface area contributed by atoms with Gasteiger partial charge in [-0.3, -0.25) is 9.59 Å². The van der Waals surface area contributed by atoms with Crippen LogP contribution in [-0.4, -0.2) is 48.2 Å². The van der Waals surface area contributed by atoms with Gasteiger partial charge in [-0.25, -0.2) is 9.59 Å². The largest absolute Gasteiger partial charge is 0.456 e. The molecule has 2 aromatic carbocycles. The first-order chi connectivity index (χ1) is 21.2. The van der Waals surface area contributed by atoms with Gasteiger partial charge in [0, 0.05) is 21.9 Å². The van der Waals surface area contributed by atoms with E-state index in [0.29, 0.717) is 21.1 Å². The SMILES string of the molecule is CC(C)(C)OC(=O)c1c(-c2ccccc2)csc1NC(=O)COCC(=O)Nc1scc(-c2ccccc2)c1C(=O)OC(C)(C)C. The molecule has 0 fully saturated rings. The second-order valence-corrected chi connectivity index (χ2v) is 13.8. The van der Waals surface area contributed by atoms with E-state index in [4.69, 9.17) is 14.2 Å². The maximum Gasteiger partial charge on any atom is 0.342 e. The Hall–Kier alpha value is -4.32. The summed E-state index contributed by atoms with van der Waals surface area (Å²) in [4.78, 5) is 52.0. The van der Waals surface area contributed by atoms with Gasteiger partial charge in [0.15, 0.2) is 0 Å². The Kier molecular flexibility index (Phi) is 10.6. The van der Waals surface area contributed by atoms with Crippen molar-refractivity contribution in [1.82, 2.24) is 0 Å². The number of rotatable bonds is 10. The van der Waals surface area contributed by atoms with E-state index in [1.54, 1.807) is 52.3 Å². The van der Waals surface area contributed by atoms with Crippen LogP contribution in [0.5, 0.6) is 0 Å². The second kappa shape index (κ2) is 14.2. The van der Waals surface area contributed by atoms with Crippen LogP contribution >= 0.6 is 22.7 Å². The number of hydrogen-bond donors (Lipinski definition) is 2. The Bertz CT molecular complexity index is 1540. The first-order valence-corrected chi connectivity index (χ1v) is 16.0. The number of nitrogens with one attached hydrogen (secondary N) is 2. The predicted molar refractivity (Wildman–Crippen MR) is 178 cm³/mol. The van der Waals surface area contributed by atoms with Crippen LogP contribution in [0.25, 0.3) is 22.3 Å². The standard InChI is InChI=1S/C34H36N2O7S2/c1-33(2,3)42-31(39)27-23(21-13-9-7-10-14-21)19-44-29(27)35-25(37)17-41-18-26(38)36-30-28(32(40)43-34(4,5)6)24(20-45-30)22-15-11-8-12-16-22/h7-16,19-20H,17-18H2,1-6H3,(H,35,37)(H,36,38). The van der Waals surface area contributed by atoms with Crippen molar-refractivity contribution in [3.8, 4) is 22.3 Å². The number of thiophene rings is 2. The van der Waals surface area contributed by atoms with Gasteiger partial charge in [0.25, 0.3) is 11.8 Å². The molecule has 0 bridgehead atoms. The average molecular weight is 649 g/mol. The molecule has 2 N–H and O–H groups in total. The fourth-order valence-corrected chi connectivity index (χ4v) is 6.13. The molecule has 2 amide bonds. The van der Waals surface area contributed by atoms with Gasteiger partial charge in [-0.1, -0.05) is 60.7 Å². The van der Waals surface area contributed by atoms with Gasteiger partial charge in [0.05, 0.1) is 0 Å². The summed E-state index contributed by atoms with van der Waals surface area (Å²) in [5, 5.41) is 9.64. The van der Waals surface area contributed by atoms with Crippen molar-refractivity contribution < 1.29 is 33.4 Å². The number of carbonyl (C=O) groups is 4. The molecule has 4 rings (SSSR count). The van der Waals surface area contributed by atoms with E-state index in [1.165, 1.54) is 22.7 Å². The van der Waals surface area contributed by atoms with Crippen LogP contribution in [0, 0.1) is 0 Å². The number of esters is 2. The van der Waals surface area contributed by atoms with Gasteiger partial charge in [0.1, 0.15) is 45.5 Å². The van der Waals surface area contributed by atoms with Crippen molar-refractivity contribution in [2.24, 2.45) is 0 Å². The first-order valence-electron chi connectivity index (χ1n) is 14.2. The Morgan fingerprint density at radius 1 is 0.600 bits per heavy atom. The minimum absolute atomic E-state index is 0.244. The third kappa shape index (κ3) is 9.34. The predicted octanol–water partition coefficient (Wildman–Crippen LogP) is 7.65. The molecule has 4 aromatic rings. The summed E-state index contributed by atoms with van der Waals surface area (Å²) in [6, 6.07) is 18.7. The molecule has 0 aliphatic carbocycles. The minimum atomic E-state index is -0.738. The Labute approximate surface area is 270 Å². The van der Waals surface area contributed by atoms with Gasteiger partial charge in [-0.15, -0.1) is 22.7 Å². The molecule has 45 heavy (non-hydrogen) atoms. The summed E-state index contributed by atoms with van der Waals surface area (Å²) >= 11 is 2.39. The molecule has 0 aliphatic rings. The molecule has 2 aromatic heterocycles. The van der Waals surface area contributed by atoms with Crippen LogP contribution < -0.4 is 10.6 Å². The van der Waals surface area contributed by atoms with E-state index in [1.807, 2.05) is 60.7 Å². The summed E-state index contributed by atoms with van der Waals surface area (Å²) in [7, 11) is 0. The summed E-state index contributed by atoms with van der Waals surface area (Å²) in [6.07, 6.45) is 0. The monoisotopic (exact) mass is 648 g/mol. The second-order valence-electron chi connectivity index (χ2n) is 12.0. The van der Waals surface area contributed by atoms with Gasteiger partial charge < -0.3 is 24.8 Å². The summed E-state index contributed by atoms with van der Waals surface area (Å²) in [5.74, 6) is -2.23. The molecule has 9 nitrogen and oxygen atoms in total. The molecule has 0 unspecified atom stereocenters. The Morgan fingerprint density at radius 3 is 1.29 bits per heavy atom. The number of hydrogen-bond acceptors (Lipinski definition) is 9. The van der Waals surface area contributed by atoms with Crippen molar-refractivity contribution in [2.45, 2.75) is 52.7 Å². The van der Waals surface area contributed by atoms with E-state index in [9.17, 15) is 19.2 Å². The van der Waals surface area contributed by atoms with Crippen LogP contribution in [0.4, 0.5) is 10.0 Å². The van der Waals surface area contributed by atoms with Crippen LogP contribution in [0.1, 0.15) is 62.3 Å². The van der Waals surface area contributed by atoms with Crippen LogP contribution in [0.2, 0.25) is 0 Å². The number of amides is 2. The van der Waals surface area contributed by atoms with Gasteiger partial charge in [-0.2, -0.15) is 0 Å². The van der Waals surface area contributed by atoms with Crippen molar-refractivity contribution >= 4 is 56.4 Å². The normalized spacial score (nSPS) is 11.5. The quantitative estimate of drug-likeness (QED) is 0.170. The highest BCUT2D eigenvalue weighted by Crippen LogP contribution is 2.38. The molecule has 2 heterocycles. The molecule has 0 saturated carbocycles. The third-order valence-electron chi connectivity index (χ3n) is 5.93. The van der Waals surface area contributed by atoms with Crippen LogP contribution in [-0.2, 0) is 23.8 Å². The maximum atomic E-state index is 13.2. The van der Waals surface area contributed by atoms with Gasteiger partial charge in [-0.05, 0) is 52.7 Å². The molecule has 0 aliphatic heterocycles. The van der Waals surface area contributed by atoms with E-state index in [0.717, 1.165) is 11.1 Å². The van der Waals surface area contributed by atoms with E-state index in [-0.39, 0.29) is 11.1 Å². The lowest BCUT2D eigenvalue weighted by Gasteiger charge is -2.20. The topological polar surface area (TPSA) is 120 Å². The summed E-state index contributed by atoms with van der Waals surface area (Å²) in [6.45, 7) is 9.73. The number of benzene rings is 2. The third-order valence-corrected chi connectivity index (χ3v) is 7.72. The van der Waals surface area contributed by atoms with Crippen LogP contribution in [0.15, 0.2) is 71.4 Å². The molecule has 11 heteroatoms. The zero-order chi connectivity index (χ0) is 32.8. The van der Waals surface area contributed by atoms with Crippen molar-refractivity contribution in [2.75, 3.05) is 23.8 Å². The molecular weight excluding hydrogens is 613 g/mol. The first kappa shape index (κ1) is 33.6. The highest BCUT2D eigenvalue weighted by molar-refractivity contribution is 7.15. The summed E-state index contributed by atoms with van der Waals surface area (Å²) in [5.41, 5.74) is 1.89. The van der Waals surface area contributed by atoms with E-state index in [2.05, 4.69) is 10.6 Å². The highest BCUT2D eigenvalue weighted by atomic mass is 32.1. The number of carbonyl (C=O) groups excluding carboxylic acids is 4. The fourth-order valence-electron chi connectivity index (χ4n) is 4.19. The van der Waals surface area contributed by atoms with Gasteiger partial charge in [0.2, 0.25) is 0 Å². The smallest absolute Gasteiger partial charge is 0.342 e. The number of anilines is 2. The van der Waals surface area contributed by atoms with Crippen molar-refractivity contribution in [3.05, 3.63) is 82.6 Å².